The average Bonchev–Trinajstić information content (AvgIpc) is 2.72. The lowest BCUT2D eigenvalue weighted by molar-refractivity contribution is -0.185. The van der Waals surface area contributed by atoms with Crippen LogP contribution in [0.25, 0.3) is 0 Å². The number of ether oxygens (including phenoxy) is 4. The highest BCUT2D eigenvalue weighted by Crippen LogP contribution is 2.33. The minimum atomic E-state index is -1.76. The molecule has 0 radical (unpaired) electrons. The fourth-order valence-electron chi connectivity index (χ4n) is 1.62. The number of hydrogen-bond donors (Lipinski definition) is 0. The Kier molecular flexibility index (Phi) is 4.97. The molecule has 0 amide bonds. The molecule has 0 bridgehead atoms. The molecule has 2 atom stereocenters. The van der Waals surface area contributed by atoms with Gasteiger partial charge >= 0.3 is 17.9 Å². The van der Waals surface area contributed by atoms with Crippen molar-refractivity contribution in [3.63, 3.8) is 0 Å². The number of hydrogen-bond acceptors (Lipinski definition) is 8. The summed E-state index contributed by atoms with van der Waals surface area (Å²) in [5.74, 6) is -2.29. The summed E-state index contributed by atoms with van der Waals surface area (Å²) < 4.78 is 19.2. The molecular formula is C10H14O7S. The lowest BCUT2D eigenvalue weighted by atomic mass is 9.95. The second-order valence-corrected chi connectivity index (χ2v) is 4.31. The fourth-order valence-corrected chi connectivity index (χ4v) is 1.95. The van der Waals surface area contributed by atoms with E-state index in [1.54, 1.807) is 6.26 Å². The lowest BCUT2D eigenvalue weighted by Gasteiger charge is -2.27. The van der Waals surface area contributed by atoms with Gasteiger partial charge in [-0.3, -0.25) is 4.79 Å². The summed E-state index contributed by atoms with van der Waals surface area (Å²) in [5.41, 5.74) is -1.76. The van der Waals surface area contributed by atoms with Gasteiger partial charge in [-0.1, -0.05) is 0 Å². The first-order valence-electron chi connectivity index (χ1n) is 5.00. The van der Waals surface area contributed by atoms with E-state index in [1.165, 1.54) is 11.8 Å². The van der Waals surface area contributed by atoms with Gasteiger partial charge in [-0.2, -0.15) is 0 Å². The minimum absolute atomic E-state index is 0.110. The third-order valence-corrected chi connectivity index (χ3v) is 2.81. The van der Waals surface area contributed by atoms with Crippen molar-refractivity contribution >= 4 is 29.7 Å². The summed E-state index contributed by atoms with van der Waals surface area (Å²) in [6.45, 7) is 0. The molecule has 8 heteroatoms. The molecule has 0 aromatic rings. The van der Waals surface area contributed by atoms with Crippen molar-refractivity contribution in [3.05, 3.63) is 0 Å². The normalized spacial score (nSPS) is 26.6. The van der Waals surface area contributed by atoms with Crippen LogP contribution in [-0.4, -0.2) is 56.0 Å². The summed E-state index contributed by atoms with van der Waals surface area (Å²) in [6, 6.07) is 0. The van der Waals surface area contributed by atoms with E-state index < -0.39 is 29.6 Å². The highest BCUT2D eigenvalue weighted by molar-refractivity contribution is 7.98. The fraction of sp³-hybridized carbons (Fsp3) is 0.700. The summed E-state index contributed by atoms with van der Waals surface area (Å²) >= 11 is 1.29. The van der Waals surface area contributed by atoms with Crippen LogP contribution < -0.4 is 0 Å². The van der Waals surface area contributed by atoms with Crippen LogP contribution in [0.15, 0.2) is 0 Å². The molecule has 0 aliphatic carbocycles. The van der Waals surface area contributed by atoms with Gasteiger partial charge in [-0.15, -0.1) is 11.8 Å². The Morgan fingerprint density at radius 1 is 1.44 bits per heavy atom. The number of carbonyl (C=O) groups excluding carboxylic acids is 3. The number of thioether (sulfide) groups is 1. The molecule has 0 spiro atoms. The van der Waals surface area contributed by atoms with E-state index in [0.717, 1.165) is 14.2 Å². The van der Waals surface area contributed by atoms with Gasteiger partial charge in [0.2, 0.25) is 11.7 Å². The van der Waals surface area contributed by atoms with Crippen molar-refractivity contribution in [2.45, 2.75) is 18.1 Å². The maximum atomic E-state index is 11.8. The van der Waals surface area contributed by atoms with Crippen LogP contribution in [-0.2, 0) is 33.3 Å². The predicted molar refractivity (Wildman–Crippen MR) is 60.7 cm³/mol. The van der Waals surface area contributed by atoms with Crippen molar-refractivity contribution < 1.29 is 33.3 Å². The zero-order valence-electron chi connectivity index (χ0n) is 10.3. The molecule has 0 aromatic heterocycles. The van der Waals surface area contributed by atoms with Crippen LogP contribution in [0.2, 0.25) is 0 Å². The molecular weight excluding hydrogens is 264 g/mol. The van der Waals surface area contributed by atoms with Crippen LogP contribution in [0.3, 0.4) is 0 Å². The first kappa shape index (κ1) is 14.8. The highest BCUT2D eigenvalue weighted by atomic mass is 32.2. The first-order chi connectivity index (χ1) is 8.51. The predicted octanol–water partition coefficient (Wildman–Crippen LogP) is -0.276. The van der Waals surface area contributed by atoms with Crippen LogP contribution in [0.4, 0.5) is 0 Å². The smallest absolute Gasteiger partial charge is 0.350 e. The van der Waals surface area contributed by atoms with Crippen LogP contribution >= 0.6 is 11.8 Å². The molecule has 7 nitrogen and oxygen atoms in total. The molecule has 0 saturated carbocycles. The number of esters is 3. The number of carbonyl (C=O) groups is 3. The third kappa shape index (κ3) is 2.59. The SMILES string of the molecule is COC(=O)[C@H]1OC(=O)C[C@]1(OCSC)C(=O)OC. The zero-order chi connectivity index (χ0) is 13.8. The molecule has 1 saturated heterocycles. The first-order valence-corrected chi connectivity index (χ1v) is 6.39. The van der Waals surface area contributed by atoms with E-state index in [4.69, 9.17) is 9.47 Å². The van der Waals surface area contributed by atoms with Crippen molar-refractivity contribution in [2.24, 2.45) is 0 Å². The molecule has 1 aliphatic rings. The topological polar surface area (TPSA) is 88.1 Å². The Bertz CT molecular complexity index is 356. The Morgan fingerprint density at radius 2 is 2.11 bits per heavy atom. The standard InChI is InChI=1S/C10H14O7S/c1-14-8(12)7-10(9(13)15-2,16-5-18-3)4-6(11)17-7/h7H,4-5H2,1-3H3/t7-,10-/m1/s1. The molecule has 1 rings (SSSR count). The molecule has 1 aliphatic heterocycles. The Balaban J connectivity index is 3.07. The number of methoxy groups -OCH3 is 2. The van der Waals surface area contributed by atoms with E-state index in [9.17, 15) is 14.4 Å². The third-order valence-electron chi connectivity index (χ3n) is 2.46. The summed E-state index contributed by atoms with van der Waals surface area (Å²) in [6.07, 6.45) is -0.0648. The van der Waals surface area contributed by atoms with Gasteiger partial charge in [0.25, 0.3) is 0 Å². The van der Waals surface area contributed by atoms with E-state index in [1.807, 2.05) is 0 Å². The van der Waals surface area contributed by atoms with Crippen molar-refractivity contribution in [2.75, 3.05) is 26.4 Å². The van der Waals surface area contributed by atoms with Crippen LogP contribution in [0.1, 0.15) is 6.42 Å². The van der Waals surface area contributed by atoms with Gasteiger partial charge in [0.05, 0.1) is 26.6 Å². The van der Waals surface area contributed by atoms with Crippen molar-refractivity contribution in [3.8, 4) is 0 Å². The maximum absolute atomic E-state index is 11.8. The van der Waals surface area contributed by atoms with Gasteiger partial charge in [0, 0.05) is 0 Å². The minimum Gasteiger partial charge on any atom is -0.467 e. The largest absolute Gasteiger partial charge is 0.467 e. The molecule has 18 heavy (non-hydrogen) atoms. The van der Waals surface area contributed by atoms with Gasteiger partial charge in [-0.05, 0) is 6.26 Å². The summed E-state index contributed by atoms with van der Waals surface area (Å²) in [7, 11) is 2.27. The molecule has 1 heterocycles. The highest BCUT2D eigenvalue weighted by Gasteiger charge is 2.61. The molecule has 102 valence electrons. The van der Waals surface area contributed by atoms with Gasteiger partial charge in [0.15, 0.2) is 0 Å². The quantitative estimate of drug-likeness (QED) is 0.385. The second-order valence-electron chi connectivity index (χ2n) is 3.50. The monoisotopic (exact) mass is 278 g/mol. The van der Waals surface area contributed by atoms with Gasteiger partial charge in [0.1, 0.15) is 0 Å². The summed E-state index contributed by atoms with van der Waals surface area (Å²) in [4.78, 5) is 34.7. The van der Waals surface area contributed by atoms with E-state index >= 15 is 0 Å². The van der Waals surface area contributed by atoms with Gasteiger partial charge in [-0.25, -0.2) is 9.59 Å². The number of cyclic esters (lactones) is 1. The number of rotatable bonds is 5. The Morgan fingerprint density at radius 3 is 2.61 bits per heavy atom. The zero-order valence-corrected chi connectivity index (χ0v) is 11.1. The maximum Gasteiger partial charge on any atom is 0.350 e. The molecule has 1 fully saturated rings. The van der Waals surface area contributed by atoms with E-state index in [0.29, 0.717) is 0 Å². The van der Waals surface area contributed by atoms with E-state index in [2.05, 4.69) is 9.47 Å². The molecule has 0 N–H and O–H groups in total. The van der Waals surface area contributed by atoms with Crippen molar-refractivity contribution in [1.29, 1.82) is 0 Å². The van der Waals surface area contributed by atoms with Crippen LogP contribution in [0, 0.1) is 0 Å². The van der Waals surface area contributed by atoms with E-state index in [-0.39, 0.29) is 12.4 Å². The van der Waals surface area contributed by atoms with Crippen LogP contribution in [0.5, 0.6) is 0 Å². The molecule has 0 aromatic carbocycles. The average molecular weight is 278 g/mol. The Hall–Kier alpha value is -1.28. The van der Waals surface area contributed by atoms with Crippen molar-refractivity contribution in [1.82, 2.24) is 0 Å². The second kappa shape index (κ2) is 6.05. The van der Waals surface area contributed by atoms with Gasteiger partial charge < -0.3 is 18.9 Å². The molecule has 0 unspecified atom stereocenters. The lowest BCUT2D eigenvalue weighted by Crippen LogP contribution is -2.53. The Labute approximate surface area is 108 Å². The summed E-state index contributed by atoms with van der Waals surface area (Å²) in [5, 5.41) is 0.